The van der Waals surface area contributed by atoms with Crippen LogP contribution >= 0.6 is 11.8 Å². The van der Waals surface area contributed by atoms with Crippen LogP contribution in [-0.2, 0) is 14.3 Å². The van der Waals surface area contributed by atoms with Crippen molar-refractivity contribution in [1.82, 2.24) is 4.90 Å². The van der Waals surface area contributed by atoms with Crippen LogP contribution in [0.4, 0.5) is 11.4 Å². The normalized spacial score (nSPS) is 19.1. The molecule has 2 fully saturated rings. The Kier molecular flexibility index (Phi) is 8.17. The van der Waals surface area contributed by atoms with E-state index in [0.29, 0.717) is 28.1 Å². The Morgan fingerprint density at radius 3 is 2.56 bits per heavy atom. The summed E-state index contributed by atoms with van der Waals surface area (Å²) in [5, 5.41) is 9.71. The van der Waals surface area contributed by atoms with Gasteiger partial charge in [-0.25, -0.2) is 9.79 Å². The minimum atomic E-state index is -1.07. The molecule has 4 rings (SSSR count). The number of carboxylic acids is 1. The maximum atomic E-state index is 13.1. The number of benzene rings is 2. The molecular formula is C26H29N3O6S. The molecule has 0 unspecified atom stereocenters. The molecule has 36 heavy (non-hydrogen) atoms. The molecule has 1 atom stereocenters. The van der Waals surface area contributed by atoms with Crippen LogP contribution in [0.5, 0.6) is 11.5 Å². The van der Waals surface area contributed by atoms with E-state index in [2.05, 4.69) is 4.90 Å². The van der Waals surface area contributed by atoms with Crippen LogP contribution in [0, 0.1) is 0 Å². The van der Waals surface area contributed by atoms with Crippen LogP contribution in [0.3, 0.4) is 0 Å². The first-order valence-corrected chi connectivity index (χ1v) is 12.5. The number of carbonyl (C=O) groups excluding carboxylic acids is 1. The van der Waals surface area contributed by atoms with E-state index in [9.17, 15) is 9.59 Å². The molecule has 2 aromatic carbocycles. The van der Waals surface area contributed by atoms with Crippen LogP contribution < -0.4 is 14.4 Å². The molecule has 2 aliphatic rings. The van der Waals surface area contributed by atoms with Crippen molar-refractivity contribution in [2.24, 2.45) is 4.99 Å². The number of anilines is 1. The lowest BCUT2D eigenvalue weighted by molar-refractivity contribution is -0.144. The number of amides is 1. The van der Waals surface area contributed by atoms with Crippen molar-refractivity contribution in [3.05, 3.63) is 52.9 Å². The summed E-state index contributed by atoms with van der Waals surface area (Å²) < 4.78 is 16.2. The van der Waals surface area contributed by atoms with Crippen LogP contribution in [0.15, 0.2) is 52.4 Å². The van der Waals surface area contributed by atoms with Gasteiger partial charge in [0, 0.05) is 25.3 Å². The van der Waals surface area contributed by atoms with Crippen molar-refractivity contribution in [3.8, 4) is 11.5 Å². The monoisotopic (exact) mass is 511 g/mol. The Labute approximate surface area is 214 Å². The van der Waals surface area contributed by atoms with Crippen LogP contribution in [0.25, 0.3) is 6.08 Å². The second-order valence-electron chi connectivity index (χ2n) is 8.18. The van der Waals surface area contributed by atoms with Gasteiger partial charge in [-0.1, -0.05) is 6.07 Å². The van der Waals surface area contributed by atoms with Gasteiger partial charge in [-0.3, -0.25) is 9.69 Å². The van der Waals surface area contributed by atoms with Gasteiger partial charge in [0.05, 0.1) is 30.9 Å². The second-order valence-corrected chi connectivity index (χ2v) is 9.19. The number of aliphatic imine (C=N–C) groups is 1. The van der Waals surface area contributed by atoms with Crippen LogP contribution in [0.1, 0.15) is 19.4 Å². The highest BCUT2D eigenvalue weighted by atomic mass is 32.2. The van der Waals surface area contributed by atoms with Gasteiger partial charge in [-0.05, 0) is 73.6 Å². The molecule has 0 saturated carbocycles. The Bertz CT molecular complexity index is 1170. The number of likely N-dealkylation sites (N-methyl/N-ethyl adjacent to an activating group) is 1. The Balaban J connectivity index is 1.53. The Morgan fingerprint density at radius 2 is 1.92 bits per heavy atom. The van der Waals surface area contributed by atoms with Gasteiger partial charge >= 0.3 is 5.97 Å². The highest BCUT2D eigenvalue weighted by Crippen LogP contribution is 2.36. The molecule has 0 bridgehead atoms. The number of amidine groups is 1. The largest absolute Gasteiger partial charge is 0.493 e. The molecule has 2 aliphatic heterocycles. The van der Waals surface area contributed by atoms with E-state index in [4.69, 9.17) is 24.3 Å². The van der Waals surface area contributed by atoms with Crippen molar-refractivity contribution in [2.75, 3.05) is 44.9 Å². The average molecular weight is 512 g/mol. The number of hydrogen-bond donors (Lipinski definition) is 1. The fourth-order valence-corrected chi connectivity index (χ4v) is 4.87. The summed E-state index contributed by atoms with van der Waals surface area (Å²) in [5.74, 6) is -0.490. The first-order valence-electron chi connectivity index (χ1n) is 11.7. The lowest BCUT2D eigenvalue weighted by atomic mass is 10.2. The zero-order valence-corrected chi connectivity index (χ0v) is 21.3. The van der Waals surface area contributed by atoms with E-state index >= 15 is 0 Å². The summed E-state index contributed by atoms with van der Waals surface area (Å²) in [5.41, 5.74) is 2.63. The highest BCUT2D eigenvalue weighted by molar-refractivity contribution is 8.18. The minimum Gasteiger partial charge on any atom is -0.493 e. The zero-order valence-electron chi connectivity index (χ0n) is 20.5. The molecule has 9 nitrogen and oxygen atoms in total. The van der Waals surface area contributed by atoms with Crippen molar-refractivity contribution >= 4 is 46.3 Å². The molecule has 2 heterocycles. The van der Waals surface area contributed by atoms with E-state index in [0.717, 1.165) is 43.2 Å². The first-order chi connectivity index (χ1) is 17.4. The number of carbonyl (C=O) groups is 2. The number of nitrogens with zero attached hydrogens (tertiary/aromatic N) is 3. The number of methoxy groups -OCH3 is 1. The number of morpholine rings is 1. The molecule has 2 aromatic rings. The smallest absolute Gasteiger partial charge is 0.344 e. The number of rotatable bonds is 8. The number of aliphatic carboxylic acids is 1. The number of ether oxygens (including phenoxy) is 3. The lowest BCUT2D eigenvalue weighted by Gasteiger charge is -2.28. The molecule has 0 aliphatic carbocycles. The third-order valence-corrected chi connectivity index (χ3v) is 6.80. The van der Waals surface area contributed by atoms with Gasteiger partial charge in [0.25, 0.3) is 5.91 Å². The van der Waals surface area contributed by atoms with E-state index in [1.165, 1.54) is 25.8 Å². The molecular weight excluding hydrogens is 482 g/mol. The summed E-state index contributed by atoms with van der Waals surface area (Å²) in [6.07, 6.45) is 0.752. The Morgan fingerprint density at radius 1 is 1.19 bits per heavy atom. The van der Waals surface area contributed by atoms with E-state index < -0.39 is 12.1 Å². The minimum absolute atomic E-state index is 0.120. The second kappa shape index (κ2) is 11.5. The molecule has 0 radical (unpaired) electrons. The quantitative estimate of drug-likeness (QED) is 0.531. The van der Waals surface area contributed by atoms with Crippen molar-refractivity contribution in [3.63, 3.8) is 0 Å². The predicted molar refractivity (Wildman–Crippen MR) is 140 cm³/mol. The number of hydrogen-bond acceptors (Lipinski definition) is 8. The van der Waals surface area contributed by atoms with Gasteiger partial charge in [-0.2, -0.15) is 0 Å². The summed E-state index contributed by atoms with van der Waals surface area (Å²) in [6, 6.07) is 13.1. The molecule has 0 spiro atoms. The molecule has 1 amide bonds. The van der Waals surface area contributed by atoms with E-state index in [-0.39, 0.29) is 5.91 Å². The van der Waals surface area contributed by atoms with Crippen molar-refractivity contribution in [2.45, 2.75) is 20.0 Å². The standard InChI is InChI=1S/C26H29N3O6S/c1-4-29-24(30)23(16-18-5-10-21(22(15-18)33-3)35-17(2)25(31)32)36-26(29)27-19-6-8-20(9-7-19)28-11-13-34-14-12-28/h5-10,15-17H,4,11-14H2,1-3H3,(H,31,32)/b23-16-,27-26?/t17-/m0/s1. The predicted octanol–water partition coefficient (Wildman–Crippen LogP) is 4.01. The SMILES string of the molecule is CCN1C(=O)/C(=C/c2ccc(O[C@@H](C)C(=O)O)c(OC)c2)SC1=Nc1ccc(N2CCOCC2)cc1. The molecule has 190 valence electrons. The first kappa shape index (κ1) is 25.6. The Hall–Kier alpha value is -3.50. The summed E-state index contributed by atoms with van der Waals surface area (Å²) in [7, 11) is 1.48. The van der Waals surface area contributed by atoms with Crippen LogP contribution in [-0.4, -0.2) is 73.1 Å². The maximum absolute atomic E-state index is 13.1. The lowest BCUT2D eigenvalue weighted by Crippen LogP contribution is -2.36. The molecule has 10 heteroatoms. The molecule has 2 saturated heterocycles. The third kappa shape index (κ3) is 5.83. The molecule has 1 N–H and O–H groups in total. The van der Waals surface area contributed by atoms with Gasteiger partial charge in [0.2, 0.25) is 0 Å². The summed E-state index contributed by atoms with van der Waals surface area (Å²) >= 11 is 1.32. The van der Waals surface area contributed by atoms with Crippen LogP contribution in [0.2, 0.25) is 0 Å². The van der Waals surface area contributed by atoms with Crippen molar-refractivity contribution in [1.29, 1.82) is 0 Å². The van der Waals surface area contributed by atoms with Gasteiger partial charge in [0.15, 0.2) is 22.8 Å². The fourth-order valence-electron chi connectivity index (χ4n) is 3.80. The fraction of sp³-hybridized carbons (Fsp3) is 0.346. The highest BCUT2D eigenvalue weighted by Gasteiger charge is 2.32. The topological polar surface area (TPSA) is 101 Å². The summed E-state index contributed by atoms with van der Waals surface area (Å²) in [6.45, 7) is 7.05. The van der Waals surface area contributed by atoms with E-state index in [1.54, 1.807) is 29.2 Å². The van der Waals surface area contributed by atoms with E-state index in [1.807, 2.05) is 31.2 Å². The van der Waals surface area contributed by atoms with Gasteiger partial charge in [0.1, 0.15) is 0 Å². The van der Waals surface area contributed by atoms with Crippen molar-refractivity contribution < 1.29 is 28.9 Å². The third-order valence-electron chi connectivity index (χ3n) is 5.79. The van der Waals surface area contributed by atoms with Gasteiger partial charge in [-0.15, -0.1) is 0 Å². The number of carboxylic acid groups (broad SMARTS) is 1. The number of thioether (sulfide) groups is 1. The average Bonchev–Trinajstić information content (AvgIpc) is 3.18. The maximum Gasteiger partial charge on any atom is 0.344 e. The molecule has 0 aromatic heterocycles. The van der Waals surface area contributed by atoms with Gasteiger partial charge < -0.3 is 24.2 Å². The zero-order chi connectivity index (χ0) is 25.7. The summed E-state index contributed by atoms with van der Waals surface area (Å²) in [4.78, 5) is 33.4.